The molecule has 0 aromatic heterocycles. The molecule has 2 aromatic rings. The normalized spacial score (nSPS) is 11.7. The highest BCUT2D eigenvalue weighted by atomic mass is 16.5. The zero-order valence-electron chi connectivity index (χ0n) is 14.6. The van der Waals surface area contributed by atoms with E-state index in [0.717, 1.165) is 5.56 Å². The number of carbonyl (C=O) groups excluding carboxylic acids is 2. The quantitative estimate of drug-likeness (QED) is 0.783. The van der Waals surface area contributed by atoms with Gasteiger partial charge in [0, 0.05) is 5.69 Å². The third kappa shape index (κ3) is 5.06. The maximum atomic E-state index is 12.3. The first-order valence-electron chi connectivity index (χ1n) is 7.82. The molecule has 0 aliphatic heterocycles. The Balaban J connectivity index is 2.05. The zero-order chi connectivity index (χ0) is 18.2. The molecular formula is C19H22N2O4. The number of hydrogen-bond donors (Lipinski definition) is 1. The highest BCUT2D eigenvalue weighted by Crippen LogP contribution is 2.21. The van der Waals surface area contributed by atoms with Gasteiger partial charge in [-0.1, -0.05) is 30.3 Å². The van der Waals surface area contributed by atoms with Crippen molar-refractivity contribution in [3.05, 3.63) is 60.2 Å². The van der Waals surface area contributed by atoms with E-state index in [0.29, 0.717) is 11.4 Å². The number of hydrogen-bond acceptors (Lipinski definition) is 5. The summed E-state index contributed by atoms with van der Waals surface area (Å²) in [5, 5.41) is 2.80. The molecule has 6 nitrogen and oxygen atoms in total. The van der Waals surface area contributed by atoms with E-state index >= 15 is 0 Å². The van der Waals surface area contributed by atoms with E-state index in [2.05, 4.69) is 5.32 Å². The van der Waals surface area contributed by atoms with Crippen LogP contribution in [0.2, 0.25) is 0 Å². The fraction of sp³-hybridized carbons (Fsp3) is 0.263. The number of amides is 1. The second-order valence-corrected chi connectivity index (χ2v) is 5.53. The third-order valence-corrected chi connectivity index (χ3v) is 3.75. The van der Waals surface area contributed by atoms with Crippen LogP contribution in [0.25, 0.3) is 0 Å². The summed E-state index contributed by atoms with van der Waals surface area (Å²) in [5.41, 5.74) is 1.43. The minimum Gasteiger partial charge on any atom is -0.497 e. The van der Waals surface area contributed by atoms with Crippen LogP contribution in [-0.2, 0) is 14.3 Å². The van der Waals surface area contributed by atoms with E-state index in [9.17, 15) is 9.59 Å². The number of anilines is 1. The van der Waals surface area contributed by atoms with Gasteiger partial charge >= 0.3 is 5.97 Å². The molecule has 0 saturated carbocycles. The van der Waals surface area contributed by atoms with Crippen molar-refractivity contribution in [2.75, 3.05) is 33.1 Å². The van der Waals surface area contributed by atoms with Crippen LogP contribution in [0.15, 0.2) is 54.6 Å². The van der Waals surface area contributed by atoms with Gasteiger partial charge in [0.2, 0.25) is 5.91 Å². The molecule has 0 heterocycles. The number of nitrogens with one attached hydrogen (secondary N) is 1. The highest BCUT2D eigenvalue weighted by molar-refractivity contribution is 5.92. The second-order valence-electron chi connectivity index (χ2n) is 5.53. The number of likely N-dealkylation sites (N-methyl/N-ethyl adjacent to an activating group) is 1. The lowest BCUT2D eigenvalue weighted by Crippen LogP contribution is -2.37. The van der Waals surface area contributed by atoms with Crippen molar-refractivity contribution in [1.29, 1.82) is 0 Å². The SMILES string of the molecule is COC(=O)[C@@H](c1ccccc1)N(C)CC(=O)Nc1ccc(OC)cc1. The third-order valence-electron chi connectivity index (χ3n) is 3.75. The first kappa shape index (κ1) is 18.5. The summed E-state index contributed by atoms with van der Waals surface area (Å²) >= 11 is 0. The predicted molar refractivity (Wildman–Crippen MR) is 95.5 cm³/mol. The lowest BCUT2D eigenvalue weighted by Gasteiger charge is -2.25. The van der Waals surface area contributed by atoms with Crippen LogP contribution in [0.3, 0.4) is 0 Å². The van der Waals surface area contributed by atoms with Gasteiger partial charge in [0.1, 0.15) is 11.8 Å². The van der Waals surface area contributed by atoms with Gasteiger partial charge in [0.25, 0.3) is 0 Å². The van der Waals surface area contributed by atoms with Crippen molar-refractivity contribution in [3.8, 4) is 5.75 Å². The number of carbonyl (C=O) groups is 2. The molecule has 0 unspecified atom stereocenters. The maximum Gasteiger partial charge on any atom is 0.327 e. The molecule has 0 aliphatic rings. The van der Waals surface area contributed by atoms with E-state index < -0.39 is 12.0 Å². The molecule has 0 aliphatic carbocycles. The summed E-state index contributed by atoms with van der Waals surface area (Å²) in [6, 6.07) is 15.6. The lowest BCUT2D eigenvalue weighted by atomic mass is 10.1. The van der Waals surface area contributed by atoms with E-state index in [-0.39, 0.29) is 12.5 Å². The predicted octanol–water partition coefficient (Wildman–Crippen LogP) is 2.48. The van der Waals surface area contributed by atoms with Crippen LogP contribution < -0.4 is 10.1 Å². The van der Waals surface area contributed by atoms with Gasteiger partial charge in [-0.15, -0.1) is 0 Å². The number of rotatable bonds is 7. The Hall–Kier alpha value is -2.86. The highest BCUT2D eigenvalue weighted by Gasteiger charge is 2.27. The Bertz CT molecular complexity index is 701. The average Bonchev–Trinajstić information content (AvgIpc) is 2.63. The number of methoxy groups -OCH3 is 2. The van der Waals surface area contributed by atoms with Crippen molar-refractivity contribution in [2.45, 2.75) is 6.04 Å². The first-order valence-corrected chi connectivity index (χ1v) is 7.82. The summed E-state index contributed by atoms with van der Waals surface area (Å²) in [6.45, 7) is 0.0424. The van der Waals surface area contributed by atoms with Crippen LogP contribution in [0, 0.1) is 0 Å². The van der Waals surface area contributed by atoms with Crippen LogP contribution in [0.5, 0.6) is 5.75 Å². The molecule has 0 fully saturated rings. The number of esters is 1. The van der Waals surface area contributed by atoms with Crippen LogP contribution in [0.4, 0.5) is 5.69 Å². The van der Waals surface area contributed by atoms with Crippen molar-refractivity contribution in [3.63, 3.8) is 0 Å². The standard InChI is InChI=1S/C19H22N2O4/c1-21(18(19(23)25-3)14-7-5-4-6-8-14)13-17(22)20-15-9-11-16(24-2)12-10-15/h4-12,18H,13H2,1-3H3,(H,20,22)/t18-/m1/s1. The summed E-state index contributed by atoms with van der Waals surface area (Å²) in [7, 11) is 4.63. The minimum absolute atomic E-state index is 0.0424. The summed E-state index contributed by atoms with van der Waals surface area (Å²) in [5.74, 6) is 0.0772. The molecule has 0 radical (unpaired) electrons. The molecule has 1 amide bonds. The number of benzene rings is 2. The number of ether oxygens (including phenoxy) is 2. The Kier molecular flexibility index (Phi) is 6.54. The van der Waals surface area contributed by atoms with Gasteiger partial charge in [-0.25, -0.2) is 4.79 Å². The Labute approximate surface area is 147 Å². The van der Waals surface area contributed by atoms with Crippen LogP contribution >= 0.6 is 0 Å². The monoisotopic (exact) mass is 342 g/mol. The number of nitrogens with zero attached hydrogens (tertiary/aromatic N) is 1. The zero-order valence-corrected chi connectivity index (χ0v) is 14.6. The Morgan fingerprint density at radius 1 is 1.04 bits per heavy atom. The Morgan fingerprint density at radius 2 is 1.68 bits per heavy atom. The van der Waals surface area contributed by atoms with Crippen molar-refractivity contribution < 1.29 is 19.1 Å². The molecular weight excluding hydrogens is 320 g/mol. The summed E-state index contributed by atoms with van der Waals surface area (Å²) in [4.78, 5) is 26.1. The smallest absolute Gasteiger partial charge is 0.327 e. The van der Waals surface area contributed by atoms with E-state index in [1.807, 2.05) is 30.3 Å². The fourth-order valence-electron chi connectivity index (χ4n) is 2.51. The van der Waals surface area contributed by atoms with Crippen molar-refractivity contribution in [2.24, 2.45) is 0 Å². The molecule has 2 aromatic carbocycles. The summed E-state index contributed by atoms with van der Waals surface area (Å²) < 4.78 is 9.97. The largest absolute Gasteiger partial charge is 0.497 e. The minimum atomic E-state index is -0.646. The van der Waals surface area contributed by atoms with Gasteiger partial charge in [-0.05, 0) is 36.9 Å². The molecule has 1 atom stereocenters. The van der Waals surface area contributed by atoms with Crippen molar-refractivity contribution >= 4 is 17.6 Å². The van der Waals surface area contributed by atoms with Crippen LogP contribution in [-0.4, -0.2) is 44.6 Å². The molecule has 132 valence electrons. The Morgan fingerprint density at radius 3 is 2.24 bits per heavy atom. The second kappa shape index (κ2) is 8.84. The molecule has 0 spiro atoms. The van der Waals surface area contributed by atoms with E-state index in [4.69, 9.17) is 9.47 Å². The van der Waals surface area contributed by atoms with E-state index in [1.54, 1.807) is 43.3 Å². The van der Waals surface area contributed by atoms with Gasteiger partial charge in [-0.3, -0.25) is 9.69 Å². The summed E-state index contributed by atoms with van der Waals surface area (Å²) in [6.07, 6.45) is 0. The topological polar surface area (TPSA) is 67.9 Å². The van der Waals surface area contributed by atoms with Crippen LogP contribution in [0.1, 0.15) is 11.6 Å². The molecule has 6 heteroatoms. The molecule has 25 heavy (non-hydrogen) atoms. The van der Waals surface area contributed by atoms with Gasteiger partial charge in [-0.2, -0.15) is 0 Å². The van der Waals surface area contributed by atoms with Gasteiger partial charge in [0.05, 0.1) is 20.8 Å². The molecule has 0 saturated heterocycles. The maximum absolute atomic E-state index is 12.3. The fourth-order valence-corrected chi connectivity index (χ4v) is 2.51. The molecule has 0 bridgehead atoms. The van der Waals surface area contributed by atoms with Gasteiger partial charge in [0.15, 0.2) is 0 Å². The lowest BCUT2D eigenvalue weighted by molar-refractivity contribution is -0.147. The molecule has 2 rings (SSSR count). The van der Waals surface area contributed by atoms with Gasteiger partial charge < -0.3 is 14.8 Å². The average molecular weight is 342 g/mol. The molecule has 1 N–H and O–H groups in total. The van der Waals surface area contributed by atoms with Crippen molar-refractivity contribution in [1.82, 2.24) is 4.90 Å². The first-order chi connectivity index (χ1) is 12.0. The van der Waals surface area contributed by atoms with E-state index in [1.165, 1.54) is 7.11 Å².